The van der Waals surface area contributed by atoms with E-state index in [4.69, 9.17) is 4.74 Å². The number of benzene rings is 1. The van der Waals surface area contributed by atoms with Gasteiger partial charge in [-0.15, -0.1) is 0 Å². The number of thioether (sulfide) groups is 1. The van der Waals surface area contributed by atoms with Crippen LogP contribution in [-0.2, 0) is 4.79 Å². The summed E-state index contributed by atoms with van der Waals surface area (Å²) in [5.41, 5.74) is 3.09. The Balaban J connectivity index is 1.67. The van der Waals surface area contributed by atoms with Crippen molar-refractivity contribution in [2.75, 3.05) is 43.1 Å². The molecule has 0 spiro atoms. The molecule has 0 aliphatic carbocycles. The summed E-state index contributed by atoms with van der Waals surface area (Å²) in [6.07, 6.45) is 2.04. The van der Waals surface area contributed by atoms with E-state index in [9.17, 15) is 9.59 Å². The van der Waals surface area contributed by atoms with E-state index in [2.05, 4.69) is 56.3 Å². The first-order chi connectivity index (χ1) is 14.1. The molecule has 29 heavy (non-hydrogen) atoms. The van der Waals surface area contributed by atoms with Gasteiger partial charge in [0.2, 0.25) is 18.2 Å². The number of imide groups is 1. The predicted molar refractivity (Wildman–Crippen MR) is 115 cm³/mol. The molecular weight excluding hydrogens is 390 g/mol. The fourth-order valence-corrected chi connectivity index (χ4v) is 3.38. The molecule has 0 saturated carbocycles. The molecule has 8 nitrogen and oxygen atoms in total. The van der Waals surface area contributed by atoms with Crippen LogP contribution in [0.5, 0.6) is 5.88 Å². The van der Waals surface area contributed by atoms with E-state index < -0.39 is 5.24 Å². The first-order valence-corrected chi connectivity index (χ1v) is 10.0. The third kappa shape index (κ3) is 5.71. The van der Waals surface area contributed by atoms with Crippen molar-refractivity contribution in [1.29, 1.82) is 0 Å². The lowest BCUT2D eigenvalue weighted by atomic mass is 10.2. The number of anilines is 2. The number of methoxy groups -OCH3 is 1. The normalized spacial score (nSPS) is 14.1. The molecular formula is C20H23N5O3S. The number of nitrogens with one attached hydrogen (secondary N) is 1. The van der Waals surface area contributed by atoms with Gasteiger partial charge >= 0.3 is 0 Å². The van der Waals surface area contributed by atoms with Crippen molar-refractivity contribution in [3.8, 4) is 5.88 Å². The molecule has 1 fully saturated rings. The lowest BCUT2D eigenvalue weighted by Gasteiger charge is -2.36. The van der Waals surface area contributed by atoms with Crippen LogP contribution in [0, 0.1) is 6.92 Å². The van der Waals surface area contributed by atoms with E-state index >= 15 is 0 Å². The lowest BCUT2D eigenvalue weighted by Crippen LogP contribution is -2.47. The van der Waals surface area contributed by atoms with E-state index in [0.29, 0.717) is 23.9 Å². The number of ether oxygens (including phenoxy) is 1. The number of piperazine rings is 1. The second-order valence-corrected chi connectivity index (χ2v) is 7.29. The van der Waals surface area contributed by atoms with Crippen LogP contribution in [0.3, 0.4) is 0 Å². The number of aryl methyl sites for hydroxylation is 1. The molecule has 1 N–H and O–H groups in total. The maximum absolute atomic E-state index is 11.3. The quantitative estimate of drug-likeness (QED) is 0.724. The molecule has 1 saturated heterocycles. The molecule has 9 heteroatoms. The van der Waals surface area contributed by atoms with Gasteiger partial charge in [-0.2, -0.15) is 4.98 Å². The summed E-state index contributed by atoms with van der Waals surface area (Å²) in [5.74, 6) is 1.05. The maximum atomic E-state index is 11.3. The molecule has 2 heterocycles. The van der Waals surface area contributed by atoms with Crippen LogP contribution in [0.4, 0.5) is 16.4 Å². The van der Waals surface area contributed by atoms with E-state index in [1.165, 1.54) is 11.3 Å². The van der Waals surface area contributed by atoms with Gasteiger partial charge in [0.15, 0.2) is 0 Å². The zero-order valence-corrected chi connectivity index (χ0v) is 17.2. The van der Waals surface area contributed by atoms with Crippen molar-refractivity contribution < 1.29 is 14.3 Å². The Morgan fingerprint density at radius 3 is 2.48 bits per heavy atom. The topological polar surface area (TPSA) is 87.7 Å². The number of carbonyl (C=O) groups excluding carboxylic acids is 2. The van der Waals surface area contributed by atoms with E-state index in [1.807, 2.05) is 0 Å². The number of rotatable bonds is 6. The van der Waals surface area contributed by atoms with Crippen molar-refractivity contribution >= 4 is 41.1 Å². The summed E-state index contributed by atoms with van der Waals surface area (Å²) in [4.78, 5) is 35.1. The third-order valence-corrected chi connectivity index (χ3v) is 5.08. The van der Waals surface area contributed by atoms with Crippen molar-refractivity contribution in [3.63, 3.8) is 0 Å². The van der Waals surface area contributed by atoms with Crippen LogP contribution in [-0.4, -0.2) is 54.9 Å². The smallest absolute Gasteiger partial charge is 0.289 e. The molecule has 0 radical (unpaired) electrons. The number of hydrogen-bond acceptors (Lipinski definition) is 8. The predicted octanol–water partition coefficient (Wildman–Crippen LogP) is 2.69. The van der Waals surface area contributed by atoms with Crippen molar-refractivity contribution in [2.45, 2.75) is 6.92 Å². The lowest BCUT2D eigenvalue weighted by molar-refractivity contribution is -0.108. The fraction of sp³-hybridized carbons (Fsp3) is 0.300. The van der Waals surface area contributed by atoms with Gasteiger partial charge < -0.3 is 14.5 Å². The number of amides is 2. The molecule has 2 amide bonds. The Hall–Kier alpha value is -3.07. The van der Waals surface area contributed by atoms with Crippen LogP contribution in [0.2, 0.25) is 0 Å². The average molecular weight is 414 g/mol. The highest BCUT2D eigenvalue weighted by Crippen LogP contribution is 2.22. The number of hydrogen-bond donors (Lipinski definition) is 1. The number of nitrogens with zero attached hydrogens (tertiary/aromatic N) is 4. The highest BCUT2D eigenvalue weighted by Gasteiger charge is 2.20. The van der Waals surface area contributed by atoms with Gasteiger partial charge in [0.05, 0.1) is 12.8 Å². The molecule has 0 unspecified atom stereocenters. The molecule has 1 aliphatic heterocycles. The van der Waals surface area contributed by atoms with Crippen molar-refractivity contribution in [2.24, 2.45) is 0 Å². The van der Waals surface area contributed by atoms with Gasteiger partial charge in [-0.25, -0.2) is 4.98 Å². The van der Waals surface area contributed by atoms with Gasteiger partial charge in [-0.1, -0.05) is 17.7 Å². The number of aromatic nitrogens is 2. The highest BCUT2D eigenvalue weighted by atomic mass is 32.2. The van der Waals surface area contributed by atoms with Crippen LogP contribution < -0.4 is 19.9 Å². The highest BCUT2D eigenvalue weighted by molar-refractivity contribution is 8.16. The molecule has 0 bridgehead atoms. The summed E-state index contributed by atoms with van der Waals surface area (Å²) in [7, 11) is 1.56. The average Bonchev–Trinajstić information content (AvgIpc) is 2.74. The summed E-state index contributed by atoms with van der Waals surface area (Å²) in [6, 6.07) is 10.2. The van der Waals surface area contributed by atoms with Gasteiger partial charge in [0, 0.05) is 37.9 Å². The van der Waals surface area contributed by atoms with Gasteiger partial charge in [0.25, 0.3) is 5.24 Å². The summed E-state index contributed by atoms with van der Waals surface area (Å²) >= 11 is 0.866. The Kier molecular flexibility index (Phi) is 7.07. The Bertz CT molecular complexity index is 880. The molecule has 2 aromatic rings. The van der Waals surface area contributed by atoms with Crippen LogP contribution in [0.1, 0.15) is 11.3 Å². The first kappa shape index (κ1) is 20.7. The fourth-order valence-electron chi connectivity index (χ4n) is 2.93. The van der Waals surface area contributed by atoms with Gasteiger partial charge in [-0.05, 0) is 42.3 Å². The third-order valence-electron chi connectivity index (χ3n) is 4.47. The van der Waals surface area contributed by atoms with Gasteiger partial charge in [-0.3, -0.25) is 14.9 Å². The summed E-state index contributed by atoms with van der Waals surface area (Å²) in [5, 5.41) is 3.18. The van der Waals surface area contributed by atoms with E-state index in [1.54, 1.807) is 24.7 Å². The second kappa shape index (κ2) is 9.92. The van der Waals surface area contributed by atoms with Crippen molar-refractivity contribution in [1.82, 2.24) is 15.3 Å². The Morgan fingerprint density at radius 1 is 1.14 bits per heavy atom. The minimum Gasteiger partial charge on any atom is -0.481 e. The van der Waals surface area contributed by atoms with Crippen LogP contribution in [0.15, 0.2) is 35.7 Å². The molecule has 1 aromatic carbocycles. The van der Waals surface area contributed by atoms with E-state index in [-0.39, 0.29) is 0 Å². The minimum absolute atomic E-state index is 0.352. The summed E-state index contributed by atoms with van der Waals surface area (Å²) in [6.45, 7) is 5.41. The number of carbonyl (C=O) groups is 2. The molecule has 1 aliphatic rings. The largest absolute Gasteiger partial charge is 0.481 e. The second-order valence-electron chi connectivity index (χ2n) is 6.42. The molecule has 1 aromatic heterocycles. The van der Waals surface area contributed by atoms with E-state index in [0.717, 1.165) is 37.9 Å². The van der Waals surface area contributed by atoms with Gasteiger partial charge in [0.1, 0.15) is 0 Å². The monoisotopic (exact) mass is 413 g/mol. The molecule has 152 valence electrons. The van der Waals surface area contributed by atoms with Crippen molar-refractivity contribution in [3.05, 3.63) is 47.0 Å². The minimum atomic E-state index is -0.454. The zero-order chi connectivity index (χ0) is 20.6. The Morgan fingerprint density at radius 2 is 1.83 bits per heavy atom. The van der Waals surface area contributed by atoms with Crippen LogP contribution >= 0.6 is 11.8 Å². The maximum Gasteiger partial charge on any atom is 0.289 e. The van der Waals surface area contributed by atoms with Crippen LogP contribution in [0.25, 0.3) is 6.08 Å². The first-order valence-electron chi connectivity index (χ1n) is 9.16. The molecule has 0 atom stereocenters. The SMILES string of the molecule is COc1cc(/C=C\SC(=O)NC=O)nc(N2CCN(c3ccc(C)cc3)CC2)n1. The summed E-state index contributed by atoms with van der Waals surface area (Å²) < 4.78 is 5.30. The molecule has 3 rings (SSSR count). The standard InChI is InChI=1S/C20H23N5O3S/c1-15-3-5-17(6-4-15)24-8-10-25(11-9-24)19-22-16(13-18(23-19)28-2)7-12-29-20(27)21-14-26/h3-7,12-14H,8-11H2,1-2H3,(H,21,26,27)/b12-7-. The Labute approximate surface area is 174 Å². The zero-order valence-electron chi connectivity index (χ0n) is 16.4.